The molecule has 0 aromatic heterocycles. The SMILES string of the molecule is CC(=O)OC1CCC2CC3(C=CC21)C=C1C(=O)CC(CC(O)CC3)OC1=O. The molecule has 2 heterocycles. The number of ether oxygens (including phenoxy) is 2. The Labute approximate surface area is 158 Å². The van der Waals surface area contributed by atoms with Crippen molar-refractivity contribution >= 4 is 17.7 Å². The van der Waals surface area contributed by atoms with Crippen molar-refractivity contribution in [2.75, 3.05) is 0 Å². The number of aliphatic hydroxyl groups excluding tert-OH is 1. The van der Waals surface area contributed by atoms with E-state index in [1.165, 1.54) is 6.92 Å². The Hall–Kier alpha value is -1.95. The van der Waals surface area contributed by atoms with Crippen LogP contribution in [0, 0.1) is 17.3 Å². The Morgan fingerprint density at radius 2 is 2.11 bits per heavy atom. The molecule has 6 atom stereocenters. The van der Waals surface area contributed by atoms with Crippen molar-refractivity contribution in [3.05, 3.63) is 23.8 Å². The lowest BCUT2D eigenvalue weighted by molar-refractivity contribution is -0.153. The van der Waals surface area contributed by atoms with E-state index in [2.05, 4.69) is 12.2 Å². The maximum atomic E-state index is 12.5. The zero-order valence-electron chi connectivity index (χ0n) is 15.6. The molecule has 1 N–H and O–H groups in total. The van der Waals surface area contributed by atoms with Gasteiger partial charge in [-0.15, -0.1) is 0 Å². The molecule has 1 saturated heterocycles. The van der Waals surface area contributed by atoms with Gasteiger partial charge in [-0.05, 0) is 38.0 Å². The second kappa shape index (κ2) is 6.89. The molecule has 1 saturated carbocycles. The number of fused-ring (bicyclic) bond motifs is 6. The molecule has 0 radical (unpaired) electrons. The van der Waals surface area contributed by atoms with Crippen LogP contribution in [-0.2, 0) is 23.9 Å². The molecular formula is C21H26O6. The predicted octanol–water partition coefficient (Wildman–Crippen LogP) is 2.25. The zero-order chi connectivity index (χ0) is 19.2. The lowest BCUT2D eigenvalue weighted by Gasteiger charge is -2.39. The summed E-state index contributed by atoms with van der Waals surface area (Å²) >= 11 is 0. The molecule has 0 aromatic carbocycles. The van der Waals surface area contributed by atoms with E-state index in [-0.39, 0.29) is 35.8 Å². The molecule has 6 unspecified atom stereocenters. The van der Waals surface area contributed by atoms with Gasteiger partial charge in [0.1, 0.15) is 12.2 Å². The van der Waals surface area contributed by atoms with Crippen molar-refractivity contribution in [3.8, 4) is 0 Å². The molecule has 2 bridgehead atoms. The second-order valence-electron chi connectivity index (χ2n) is 8.50. The van der Waals surface area contributed by atoms with Gasteiger partial charge in [-0.2, -0.15) is 0 Å². The van der Waals surface area contributed by atoms with Gasteiger partial charge in [-0.3, -0.25) is 9.59 Å². The first-order valence-corrected chi connectivity index (χ1v) is 9.87. The van der Waals surface area contributed by atoms with Gasteiger partial charge < -0.3 is 14.6 Å². The van der Waals surface area contributed by atoms with Crippen molar-refractivity contribution in [2.45, 2.75) is 70.2 Å². The molecule has 6 heteroatoms. The summed E-state index contributed by atoms with van der Waals surface area (Å²) < 4.78 is 10.8. The van der Waals surface area contributed by atoms with Gasteiger partial charge in [-0.25, -0.2) is 4.79 Å². The third-order valence-corrected chi connectivity index (χ3v) is 6.52. The van der Waals surface area contributed by atoms with Gasteiger partial charge in [0.05, 0.1) is 11.7 Å². The van der Waals surface area contributed by atoms with E-state index in [0.717, 1.165) is 19.3 Å². The van der Waals surface area contributed by atoms with Crippen LogP contribution in [0.15, 0.2) is 23.8 Å². The summed E-state index contributed by atoms with van der Waals surface area (Å²) in [7, 11) is 0. The minimum absolute atomic E-state index is 0.0964. The number of ketones is 1. The van der Waals surface area contributed by atoms with Crippen LogP contribution >= 0.6 is 0 Å². The predicted molar refractivity (Wildman–Crippen MR) is 95.4 cm³/mol. The topological polar surface area (TPSA) is 89.9 Å². The van der Waals surface area contributed by atoms with Crippen molar-refractivity contribution in [1.82, 2.24) is 0 Å². The van der Waals surface area contributed by atoms with Gasteiger partial charge >= 0.3 is 11.9 Å². The van der Waals surface area contributed by atoms with Crippen LogP contribution in [0.4, 0.5) is 0 Å². The molecule has 2 aliphatic heterocycles. The van der Waals surface area contributed by atoms with Gasteiger partial charge in [-0.1, -0.05) is 18.2 Å². The highest BCUT2D eigenvalue weighted by Gasteiger charge is 2.46. The number of Topliss-reactive ketones (excluding diaryl/α,β-unsaturated/α-hetero) is 1. The first kappa shape index (κ1) is 18.4. The molecule has 2 fully saturated rings. The lowest BCUT2D eigenvalue weighted by Crippen LogP contribution is -2.38. The summed E-state index contributed by atoms with van der Waals surface area (Å²) in [5, 5.41) is 10.4. The number of esters is 2. The number of hydrogen-bond acceptors (Lipinski definition) is 6. The quantitative estimate of drug-likeness (QED) is 0.430. The van der Waals surface area contributed by atoms with Crippen LogP contribution in [0.5, 0.6) is 0 Å². The van der Waals surface area contributed by atoms with E-state index < -0.39 is 23.6 Å². The Bertz CT molecular complexity index is 702. The summed E-state index contributed by atoms with van der Waals surface area (Å²) in [6.07, 6.45) is 9.03. The average Bonchev–Trinajstić information content (AvgIpc) is 2.97. The van der Waals surface area contributed by atoms with Crippen LogP contribution in [0.25, 0.3) is 0 Å². The first-order chi connectivity index (χ1) is 12.8. The number of allylic oxidation sites excluding steroid dienone is 2. The summed E-state index contributed by atoms with van der Waals surface area (Å²) in [5.74, 6) is -0.507. The zero-order valence-corrected chi connectivity index (χ0v) is 15.6. The van der Waals surface area contributed by atoms with E-state index >= 15 is 0 Å². The minimum Gasteiger partial charge on any atom is -0.462 e. The molecule has 0 amide bonds. The number of rotatable bonds is 1. The Morgan fingerprint density at radius 3 is 2.85 bits per heavy atom. The molecule has 27 heavy (non-hydrogen) atoms. The highest BCUT2D eigenvalue weighted by Crippen LogP contribution is 2.50. The summed E-state index contributed by atoms with van der Waals surface area (Å²) in [6, 6.07) is 0. The number of aliphatic hydroxyl groups is 1. The number of carbonyl (C=O) groups is 3. The summed E-state index contributed by atoms with van der Waals surface area (Å²) in [5.41, 5.74) is -0.290. The van der Waals surface area contributed by atoms with Crippen LogP contribution < -0.4 is 0 Å². The molecule has 5 aliphatic rings. The standard InChI is InChI=1S/C21H26O6/c1-12(22)26-19-3-2-13-10-21(7-5-16(13)19)6-4-14(23)8-15-9-18(24)17(11-21)20(25)27-15/h5,7,11,13-16,19,23H,2-4,6,8-10H2,1H3. The maximum Gasteiger partial charge on any atom is 0.341 e. The average molecular weight is 374 g/mol. The largest absolute Gasteiger partial charge is 0.462 e. The van der Waals surface area contributed by atoms with Crippen LogP contribution in [0.1, 0.15) is 51.9 Å². The number of hydrogen-bond donors (Lipinski definition) is 1. The Balaban J connectivity index is 1.66. The molecule has 6 nitrogen and oxygen atoms in total. The normalized spacial score (nSPS) is 41.1. The summed E-state index contributed by atoms with van der Waals surface area (Å²) in [6.45, 7) is 1.43. The smallest absolute Gasteiger partial charge is 0.341 e. The fraction of sp³-hybridized carbons (Fsp3) is 0.667. The Kier molecular flexibility index (Phi) is 4.70. The third kappa shape index (κ3) is 3.59. The molecular weight excluding hydrogens is 348 g/mol. The Morgan fingerprint density at radius 1 is 1.30 bits per heavy atom. The third-order valence-electron chi connectivity index (χ3n) is 6.52. The van der Waals surface area contributed by atoms with Gasteiger partial charge in [0.25, 0.3) is 0 Å². The molecule has 5 rings (SSSR count). The fourth-order valence-corrected chi connectivity index (χ4v) is 5.26. The van der Waals surface area contributed by atoms with Crippen LogP contribution in [0.2, 0.25) is 0 Å². The van der Waals surface area contributed by atoms with E-state index in [0.29, 0.717) is 25.2 Å². The minimum atomic E-state index is -0.593. The summed E-state index contributed by atoms with van der Waals surface area (Å²) in [4.78, 5) is 36.2. The van der Waals surface area contributed by atoms with E-state index in [1.807, 2.05) is 0 Å². The molecule has 146 valence electrons. The molecule has 1 spiro atoms. The van der Waals surface area contributed by atoms with Gasteiger partial charge in [0, 0.05) is 31.1 Å². The van der Waals surface area contributed by atoms with Crippen LogP contribution in [0.3, 0.4) is 0 Å². The highest BCUT2D eigenvalue weighted by atomic mass is 16.5. The first-order valence-electron chi connectivity index (χ1n) is 9.87. The van der Waals surface area contributed by atoms with Crippen LogP contribution in [-0.4, -0.2) is 41.1 Å². The van der Waals surface area contributed by atoms with E-state index in [9.17, 15) is 19.5 Å². The van der Waals surface area contributed by atoms with Crippen molar-refractivity contribution in [1.29, 1.82) is 0 Å². The lowest BCUT2D eigenvalue weighted by atomic mass is 9.66. The van der Waals surface area contributed by atoms with Crippen molar-refractivity contribution < 1.29 is 29.0 Å². The fourth-order valence-electron chi connectivity index (χ4n) is 5.26. The van der Waals surface area contributed by atoms with E-state index in [4.69, 9.17) is 9.47 Å². The monoisotopic (exact) mass is 374 g/mol. The van der Waals surface area contributed by atoms with Crippen molar-refractivity contribution in [2.24, 2.45) is 17.3 Å². The van der Waals surface area contributed by atoms with Crippen molar-refractivity contribution in [3.63, 3.8) is 0 Å². The molecule has 3 aliphatic carbocycles. The van der Waals surface area contributed by atoms with Gasteiger partial charge in [0.15, 0.2) is 5.78 Å². The maximum absolute atomic E-state index is 12.5. The highest BCUT2D eigenvalue weighted by molar-refractivity contribution is 6.18. The number of carbonyl (C=O) groups excluding carboxylic acids is 3. The molecule has 0 aromatic rings. The van der Waals surface area contributed by atoms with Gasteiger partial charge in [0.2, 0.25) is 0 Å². The second-order valence-corrected chi connectivity index (χ2v) is 8.50. The van der Waals surface area contributed by atoms with E-state index in [1.54, 1.807) is 6.08 Å².